The lowest BCUT2D eigenvalue weighted by atomic mass is 10.2. The van der Waals surface area contributed by atoms with Crippen molar-refractivity contribution < 1.29 is 9.59 Å². The Morgan fingerprint density at radius 3 is 2.41 bits per heavy atom. The van der Waals surface area contributed by atoms with Crippen molar-refractivity contribution in [2.24, 2.45) is 0 Å². The van der Waals surface area contributed by atoms with E-state index in [1.165, 1.54) is 6.92 Å². The first-order valence-electron chi connectivity index (χ1n) is 9.16. The van der Waals surface area contributed by atoms with Crippen LogP contribution >= 0.6 is 0 Å². The maximum atomic E-state index is 12.3. The summed E-state index contributed by atoms with van der Waals surface area (Å²) >= 11 is 0. The normalized spacial score (nSPS) is 15.4. The zero-order valence-electron chi connectivity index (χ0n) is 15.6. The SMILES string of the molecule is CC(=O)Nc1cccc(NC(=O)CN2CCN(CCn3ccnc3)CC2)c1. The zero-order valence-corrected chi connectivity index (χ0v) is 15.6. The quantitative estimate of drug-likeness (QED) is 0.763. The summed E-state index contributed by atoms with van der Waals surface area (Å²) in [5, 5.41) is 5.62. The van der Waals surface area contributed by atoms with Gasteiger partial charge in [-0.1, -0.05) is 6.07 Å². The van der Waals surface area contributed by atoms with E-state index >= 15 is 0 Å². The van der Waals surface area contributed by atoms with Crippen LogP contribution in [0.5, 0.6) is 0 Å². The number of carbonyl (C=O) groups is 2. The van der Waals surface area contributed by atoms with Crippen molar-refractivity contribution in [2.75, 3.05) is 49.9 Å². The minimum atomic E-state index is -0.135. The van der Waals surface area contributed by atoms with E-state index in [1.54, 1.807) is 24.4 Å². The van der Waals surface area contributed by atoms with Crippen LogP contribution in [0.4, 0.5) is 11.4 Å². The number of piperazine rings is 1. The molecule has 1 aromatic carbocycles. The smallest absolute Gasteiger partial charge is 0.238 e. The van der Waals surface area contributed by atoms with Crippen LogP contribution in [0.3, 0.4) is 0 Å². The van der Waals surface area contributed by atoms with Gasteiger partial charge in [0.05, 0.1) is 12.9 Å². The lowest BCUT2D eigenvalue weighted by Gasteiger charge is -2.34. The van der Waals surface area contributed by atoms with Crippen LogP contribution in [0.15, 0.2) is 43.0 Å². The van der Waals surface area contributed by atoms with Crippen molar-refractivity contribution in [1.82, 2.24) is 19.4 Å². The first-order chi connectivity index (χ1) is 13.1. The lowest BCUT2D eigenvalue weighted by molar-refractivity contribution is -0.117. The first kappa shape index (κ1) is 19.1. The van der Waals surface area contributed by atoms with E-state index in [0.717, 1.165) is 39.3 Å². The number of carbonyl (C=O) groups excluding carboxylic acids is 2. The average molecular weight is 370 g/mol. The Balaban J connectivity index is 1.39. The van der Waals surface area contributed by atoms with E-state index in [0.29, 0.717) is 17.9 Å². The topological polar surface area (TPSA) is 82.5 Å². The molecule has 0 atom stereocenters. The number of amides is 2. The van der Waals surface area contributed by atoms with Gasteiger partial charge >= 0.3 is 0 Å². The maximum absolute atomic E-state index is 12.3. The number of nitrogens with one attached hydrogen (secondary N) is 2. The van der Waals surface area contributed by atoms with Gasteiger partial charge in [-0.2, -0.15) is 0 Å². The molecule has 0 unspecified atom stereocenters. The molecule has 1 saturated heterocycles. The second kappa shape index (κ2) is 9.29. The van der Waals surface area contributed by atoms with Crippen molar-refractivity contribution in [1.29, 1.82) is 0 Å². The van der Waals surface area contributed by atoms with E-state index in [4.69, 9.17) is 0 Å². The van der Waals surface area contributed by atoms with E-state index in [1.807, 2.05) is 18.6 Å². The summed E-state index contributed by atoms with van der Waals surface area (Å²) in [5.41, 5.74) is 1.36. The van der Waals surface area contributed by atoms with Gasteiger partial charge in [0.1, 0.15) is 0 Å². The Labute approximate surface area is 159 Å². The predicted molar refractivity (Wildman–Crippen MR) is 104 cm³/mol. The number of imidazole rings is 1. The summed E-state index contributed by atoms with van der Waals surface area (Å²) in [6.45, 7) is 7.43. The van der Waals surface area contributed by atoms with Gasteiger partial charge < -0.3 is 15.2 Å². The molecule has 0 bridgehead atoms. The van der Waals surface area contributed by atoms with Gasteiger partial charge in [0.15, 0.2) is 0 Å². The molecule has 0 spiro atoms. The summed E-state index contributed by atoms with van der Waals surface area (Å²) in [5.74, 6) is -0.175. The van der Waals surface area contributed by atoms with Crippen LogP contribution in [0.2, 0.25) is 0 Å². The molecule has 0 saturated carbocycles. The monoisotopic (exact) mass is 370 g/mol. The number of rotatable bonds is 7. The third-order valence-corrected chi connectivity index (χ3v) is 4.53. The summed E-state index contributed by atoms with van der Waals surface area (Å²) in [4.78, 5) is 32.1. The molecule has 1 aliphatic rings. The molecule has 3 rings (SSSR count). The predicted octanol–water partition coefficient (Wildman–Crippen LogP) is 1.10. The van der Waals surface area contributed by atoms with Crippen LogP contribution in [0, 0.1) is 0 Å². The van der Waals surface area contributed by atoms with Gasteiger partial charge in [0.25, 0.3) is 0 Å². The van der Waals surface area contributed by atoms with Crippen molar-refractivity contribution in [3.8, 4) is 0 Å². The number of aromatic nitrogens is 2. The fraction of sp³-hybridized carbons (Fsp3) is 0.421. The number of hydrogen-bond donors (Lipinski definition) is 2. The van der Waals surface area contributed by atoms with Gasteiger partial charge in [0.2, 0.25) is 11.8 Å². The molecule has 1 fully saturated rings. The molecule has 144 valence electrons. The Bertz CT molecular complexity index is 753. The van der Waals surface area contributed by atoms with Crippen LogP contribution < -0.4 is 10.6 Å². The molecule has 27 heavy (non-hydrogen) atoms. The van der Waals surface area contributed by atoms with E-state index in [9.17, 15) is 9.59 Å². The first-order valence-corrected chi connectivity index (χ1v) is 9.16. The molecule has 2 amide bonds. The van der Waals surface area contributed by atoms with E-state index < -0.39 is 0 Å². The minimum Gasteiger partial charge on any atom is -0.336 e. The number of anilines is 2. The van der Waals surface area contributed by atoms with E-state index in [2.05, 4.69) is 30.0 Å². The Hall–Kier alpha value is -2.71. The molecule has 1 aromatic heterocycles. The van der Waals surface area contributed by atoms with Gasteiger partial charge in [-0.05, 0) is 18.2 Å². The molecular formula is C19H26N6O2. The molecule has 0 aliphatic carbocycles. The molecule has 0 radical (unpaired) electrons. The minimum absolute atomic E-state index is 0.0400. The van der Waals surface area contributed by atoms with Gasteiger partial charge in [0, 0.05) is 70.0 Å². The highest BCUT2D eigenvalue weighted by atomic mass is 16.2. The Morgan fingerprint density at radius 1 is 1.04 bits per heavy atom. The molecule has 8 heteroatoms. The van der Waals surface area contributed by atoms with Gasteiger partial charge in [-0.15, -0.1) is 0 Å². The summed E-state index contributed by atoms with van der Waals surface area (Å²) in [7, 11) is 0. The van der Waals surface area contributed by atoms with Gasteiger partial charge in [-0.3, -0.25) is 19.4 Å². The summed E-state index contributed by atoms with van der Waals surface area (Å²) < 4.78 is 2.08. The van der Waals surface area contributed by atoms with Crippen LogP contribution in [-0.4, -0.2) is 70.4 Å². The summed E-state index contributed by atoms with van der Waals surface area (Å²) in [6.07, 6.45) is 5.60. The summed E-state index contributed by atoms with van der Waals surface area (Å²) in [6, 6.07) is 7.17. The maximum Gasteiger partial charge on any atom is 0.238 e. The van der Waals surface area contributed by atoms with Crippen LogP contribution in [0.25, 0.3) is 0 Å². The largest absolute Gasteiger partial charge is 0.336 e. The Kier molecular flexibility index (Phi) is 6.56. The van der Waals surface area contributed by atoms with E-state index in [-0.39, 0.29) is 11.8 Å². The molecule has 8 nitrogen and oxygen atoms in total. The number of nitrogens with zero attached hydrogens (tertiary/aromatic N) is 4. The van der Waals surface area contributed by atoms with Crippen molar-refractivity contribution >= 4 is 23.2 Å². The fourth-order valence-electron chi connectivity index (χ4n) is 3.13. The van der Waals surface area contributed by atoms with Crippen LogP contribution in [0.1, 0.15) is 6.92 Å². The zero-order chi connectivity index (χ0) is 19.1. The Morgan fingerprint density at radius 2 is 1.74 bits per heavy atom. The van der Waals surface area contributed by atoms with Gasteiger partial charge in [-0.25, -0.2) is 4.98 Å². The molecule has 1 aliphatic heterocycles. The molecule has 2 N–H and O–H groups in total. The third-order valence-electron chi connectivity index (χ3n) is 4.53. The fourth-order valence-corrected chi connectivity index (χ4v) is 3.13. The molecular weight excluding hydrogens is 344 g/mol. The van der Waals surface area contributed by atoms with Crippen molar-refractivity contribution in [3.63, 3.8) is 0 Å². The second-order valence-corrected chi connectivity index (χ2v) is 6.73. The van der Waals surface area contributed by atoms with Crippen LogP contribution in [-0.2, 0) is 16.1 Å². The second-order valence-electron chi connectivity index (χ2n) is 6.73. The highest BCUT2D eigenvalue weighted by Crippen LogP contribution is 2.15. The van der Waals surface area contributed by atoms with Crippen molar-refractivity contribution in [2.45, 2.75) is 13.5 Å². The average Bonchev–Trinajstić information content (AvgIpc) is 3.14. The van der Waals surface area contributed by atoms with Crippen molar-refractivity contribution in [3.05, 3.63) is 43.0 Å². The highest BCUT2D eigenvalue weighted by Gasteiger charge is 2.18. The third kappa shape index (κ3) is 6.19. The number of hydrogen-bond acceptors (Lipinski definition) is 5. The molecule has 2 heterocycles. The standard InChI is InChI=1S/C19H26N6O2/c1-16(26)21-17-3-2-4-18(13-17)22-19(27)14-24-10-7-23(8-11-24)9-12-25-6-5-20-15-25/h2-6,13,15H,7-12,14H2,1H3,(H,21,26)(H,22,27). The molecule has 2 aromatic rings. The lowest BCUT2D eigenvalue weighted by Crippen LogP contribution is -2.49. The highest BCUT2D eigenvalue weighted by molar-refractivity contribution is 5.94. The number of benzene rings is 1.